The number of nitrogens with zero attached hydrogens (tertiary/aromatic N) is 1. The van der Waals surface area contributed by atoms with Gasteiger partial charge in [0.25, 0.3) is 0 Å². The summed E-state index contributed by atoms with van der Waals surface area (Å²) >= 11 is 1.65. The number of carbonyl (C=O) groups is 1. The fourth-order valence-corrected chi connectivity index (χ4v) is 2.74. The second kappa shape index (κ2) is 7.34. The third kappa shape index (κ3) is 5.02. The van der Waals surface area contributed by atoms with Crippen LogP contribution < -0.4 is 0 Å². The molecule has 0 spiro atoms. The summed E-state index contributed by atoms with van der Waals surface area (Å²) in [5.41, 5.74) is 0. The minimum Gasteiger partial charge on any atom is -0.478 e. The summed E-state index contributed by atoms with van der Waals surface area (Å²) in [4.78, 5) is 15.0. The number of carboxylic acids is 1. The van der Waals surface area contributed by atoms with E-state index in [1.807, 2.05) is 6.07 Å². The van der Waals surface area contributed by atoms with Gasteiger partial charge in [-0.25, -0.2) is 4.79 Å². The molecule has 1 heterocycles. The Morgan fingerprint density at radius 1 is 1.56 bits per heavy atom. The van der Waals surface area contributed by atoms with Crippen molar-refractivity contribution in [1.82, 2.24) is 4.90 Å². The van der Waals surface area contributed by atoms with Gasteiger partial charge in [0.15, 0.2) is 0 Å². The molecule has 0 aromatic carbocycles. The van der Waals surface area contributed by atoms with Crippen molar-refractivity contribution >= 4 is 23.4 Å². The fourth-order valence-electron chi connectivity index (χ4n) is 1.76. The topological polar surface area (TPSA) is 40.5 Å². The van der Waals surface area contributed by atoms with E-state index in [2.05, 4.69) is 31.9 Å². The number of rotatable bonds is 7. The van der Waals surface area contributed by atoms with E-state index in [4.69, 9.17) is 5.11 Å². The van der Waals surface area contributed by atoms with Gasteiger partial charge in [0, 0.05) is 28.4 Å². The third-order valence-corrected chi connectivity index (χ3v) is 3.97. The maximum absolute atomic E-state index is 10.4. The average Bonchev–Trinajstić information content (AvgIpc) is 2.74. The maximum atomic E-state index is 10.4. The summed E-state index contributed by atoms with van der Waals surface area (Å²) in [6, 6.07) is 4.62. The standard InChI is InChI=1S/C14H21NO2S/c1-4-5-11(2)15(3)10-13-7-6-12(18-13)8-9-14(16)17/h6-9,11H,4-5,10H2,1-3H3,(H,16,17). The molecule has 0 radical (unpaired) electrons. The SMILES string of the molecule is CCCC(C)N(C)Cc1ccc(C=CC(=O)O)s1. The summed E-state index contributed by atoms with van der Waals surface area (Å²) in [5.74, 6) is -0.904. The highest BCUT2D eigenvalue weighted by Crippen LogP contribution is 2.20. The summed E-state index contributed by atoms with van der Waals surface area (Å²) in [6.07, 6.45) is 5.22. The first-order chi connectivity index (χ1) is 8.52. The molecule has 0 aliphatic carbocycles. The molecule has 1 unspecified atom stereocenters. The van der Waals surface area contributed by atoms with E-state index in [1.54, 1.807) is 17.4 Å². The van der Waals surface area contributed by atoms with E-state index in [-0.39, 0.29) is 0 Å². The smallest absolute Gasteiger partial charge is 0.328 e. The van der Waals surface area contributed by atoms with Gasteiger partial charge < -0.3 is 5.11 Å². The second-order valence-corrected chi connectivity index (χ2v) is 5.73. The van der Waals surface area contributed by atoms with Crippen LogP contribution in [-0.2, 0) is 11.3 Å². The molecular formula is C14H21NO2S. The molecule has 18 heavy (non-hydrogen) atoms. The Morgan fingerprint density at radius 3 is 2.89 bits per heavy atom. The van der Waals surface area contributed by atoms with Crippen LogP contribution in [0, 0.1) is 0 Å². The molecule has 1 atom stereocenters. The van der Waals surface area contributed by atoms with Gasteiger partial charge in [-0.15, -0.1) is 11.3 Å². The van der Waals surface area contributed by atoms with Crippen LogP contribution in [0.4, 0.5) is 0 Å². The molecule has 0 bridgehead atoms. The van der Waals surface area contributed by atoms with Gasteiger partial charge in [0.05, 0.1) is 0 Å². The quantitative estimate of drug-likeness (QED) is 0.769. The van der Waals surface area contributed by atoms with Crippen LogP contribution in [-0.4, -0.2) is 29.1 Å². The number of hydrogen-bond acceptors (Lipinski definition) is 3. The van der Waals surface area contributed by atoms with Crippen LogP contribution >= 0.6 is 11.3 Å². The Labute approximate surface area is 113 Å². The molecule has 1 aromatic rings. The normalized spacial score (nSPS) is 13.3. The lowest BCUT2D eigenvalue weighted by molar-refractivity contribution is -0.131. The van der Waals surface area contributed by atoms with E-state index in [0.717, 1.165) is 11.4 Å². The Kier molecular flexibility index (Phi) is 6.09. The first kappa shape index (κ1) is 14.9. The van der Waals surface area contributed by atoms with Gasteiger partial charge in [-0.05, 0) is 38.6 Å². The Bertz CT molecular complexity index is 412. The van der Waals surface area contributed by atoms with Crippen molar-refractivity contribution in [3.8, 4) is 0 Å². The number of thiophene rings is 1. The summed E-state index contributed by atoms with van der Waals surface area (Å²) < 4.78 is 0. The number of aliphatic carboxylic acids is 1. The number of hydrogen-bond donors (Lipinski definition) is 1. The van der Waals surface area contributed by atoms with Crippen molar-refractivity contribution in [2.45, 2.75) is 39.3 Å². The molecule has 0 aliphatic heterocycles. The van der Waals surface area contributed by atoms with Crippen LogP contribution in [0.1, 0.15) is 36.4 Å². The molecule has 0 amide bonds. The van der Waals surface area contributed by atoms with Crippen LogP contribution in [0.15, 0.2) is 18.2 Å². The van der Waals surface area contributed by atoms with Crippen molar-refractivity contribution in [3.05, 3.63) is 28.0 Å². The average molecular weight is 267 g/mol. The first-order valence-electron chi connectivity index (χ1n) is 6.23. The van der Waals surface area contributed by atoms with Crippen molar-refractivity contribution in [1.29, 1.82) is 0 Å². The van der Waals surface area contributed by atoms with Crippen molar-refractivity contribution < 1.29 is 9.90 Å². The second-order valence-electron chi connectivity index (χ2n) is 4.53. The summed E-state index contributed by atoms with van der Waals surface area (Å²) in [5, 5.41) is 8.57. The number of carboxylic acid groups (broad SMARTS) is 1. The molecular weight excluding hydrogens is 246 g/mol. The van der Waals surface area contributed by atoms with Gasteiger partial charge in [0.1, 0.15) is 0 Å². The van der Waals surface area contributed by atoms with Crippen LogP contribution in [0.5, 0.6) is 0 Å². The molecule has 1 rings (SSSR count). The molecule has 1 aromatic heterocycles. The Balaban J connectivity index is 2.55. The van der Waals surface area contributed by atoms with Crippen molar-refractivity contribution in [2.75, 3.05) is 7.05 Å². The van der Waals surface area contributed by atoms with Crippen molar-refractivity contribution in [2.24, 2.45) is 0 Å². The van der Waals surface area contributed by atoms with E-state index in [9.17, 15) is 4.79 Å². The summed E-state index contributed by atoms with van der Waals surface area (Å²) in [6.45, 7) is 5.36. The predicted molar refractivity (Wildman–Crippen MR) is 76.8 cm³/mol. The summed E-state index contributed by atoms with van der Waals surface area (Å²) in [7, 11) is 2.13. The molecule has 4 heteroatoms. The van der Waals surface area contributed by atoms with E-state index in [1.165, 1.54) is 23.8 Å². The first-order valence-corrected chi connectivity index (χ1v) is 7.04. The lowest BCUT2D eigenvalue weighted by atomic mass is 10.2. The maximum Gasteiger partial charge on any atom is 0.328 e. The van der Waals surface area contributed by atoms with E-state index in [0.29, 0.717) is 6.04 Å². The Hall–Kier alpha value is -1.13. The van der Waals surface area contributed by atoms with Crippen LogP contribution in [0.3, 0.4) is 0 Å². The van der Waals surface area contributed by atoms with E-state index < -0.39 is 5.97 Å². The van der Waals surface area contributed by atoms with Gasteiger partial charge in [0.2, 0.25) is 0 Å². The van der Waals surface area contributed by atoms with Gasteiger partial charge >= 0.3 is 5.97 Å². The van der Waals surface area contributed by atoms with Gasteiger partial charge in [-0.3, -0.25) is 4.90 Å². The van der Waals surface area contributed by atoms with Crippen LogP contribution in [0.25, 0.3) is 6.08 Å². The largest absolute Gasteiger partial charge is 0.478 e. The predicted octanol–water partition coefficient (Wildman–Crippen LogP) is 3.47. The Morgan fingerprint density at radius 2 is 2.28 bits per heavy atom. The molecule has 3 nitrogen and oxygen atoms in total. The highest BCUT2D eigenvalue weighted by Gasteiger charge is 2.09. The van der Waals surface area contributed by atoms with E-state index >= 15 is 0 Å². The lowest BCUT2D eigenvalue weighted by Crippen LogP contribution is -2.27. The zero-order valence-corrected chi connectivity index (χ0v) is 12.0. The molecule has 0 aliphatic rings. The monoisotopic (exact) mass is 267 g/mol. The van der Waals surface area contributed by atoms with Gasteiger partial charge in [-0.2, -0.15) is 0 Å². The zero-order valence-electron chi connectivity index (χ0n) is 11.2. The lowest BCUT2D eigenvalue weighted by Gasteiger charge is -2.23. The van der Waals surface area contributed by atoms with Gasteiger partial charge in [-0.1, -0.05) is 13.3 Å². The molecule has 1 N–H and O–H groups in total. The molecule has 0 fully saturated rings. The third-order valence-electron chi connectivity index (χ3n) is 2.94. The highest BCUT2D eigenvalue weighted by molar-refractivity contribution is 7.12. The molecule has 100 valence electrons. The minimum absolute atomic E-state index is 0.579. The minimum atomic E-state index is -0.904. The van der Waals surface area contributed by atoms with Crippen LogP contribution in [0.2, 0.25) is 0 Å². The molecule has 0 saturated heterocycles. The van der Waals surface area contributed by atoms with Crippen molar-refractivity contribution in [3.63, 3.8) is 0 Å². The zero-order chi connectivity index (χ0) is 13.5. The fraction of sp³-hybridized carbons (Fsp3) is 0.500. The molecule has 0 saturated carbocycles. The highest BCUT2D eigenvalue weighted by atomic mass is 32.1.